The van der Waals surface area contributed by atoms with E-state index in [1.807, 2.05) is 19.9 Å². The first-order valence-electron chi connectivity index (χ1n) is 4.77. The van der Waals surface area contributed by atoms with Crippen molar-refractivity contribution in [3.8, 4) is 5.75 Å². The number of aliphatic hydroxyl groups is 1. The third kappa shape index (κ3) is 1.38. The van der Waals surface area contributed by atoms with Crippen molar-refractivity contribution < 1.29 is 9.84 Å². The molecule has 0 unspecified atom stereocenters. The van der Waals surface area contributed by atoms with Crippen molar-refractivity contribution in [2.45, 2.75) is 26.0 Å². The Hall–Kier alpha value is -1.06. The fourth-order valence-corrected chi connectivity index (χ4v) is 1.91. The maximum atomic E-state index is 9.56. The van der Waals surface area contributed by atoms with Crippen LogP contribution in [0.3, 0.4) is 0 Å². The molecule has 2 atom stereocenters. The Labute approximate surface area is 83.5 Å². The van der Waals surface area contributed by atoms with E-state index in [2.05, 4.69) is 6.07 Å². The highest BCUT2D eigenvalue weighted by Crippen LogP contribution is 2.34. The predicted octanol–water partition coefficient (Wildman–Crippen LogP) is 1.06. The normalized spacial score (nSPS) is 25.4. The van der Waals surface area contributed by atoms with Gasteiger partial charge in [0.1, 0.15) is 18.5 Å². The lowest BCUT2D eigenvalue weighted by Crippen LogP contribution is -2.36. The molecule has 0 aromatic heterocycles. The molecule has 2 rings (SSSR count). The van der Waals surface area contributed by atoms with Crippen LogP contribution in [0, 0.1) is 13.8 Å². The Kier molecular flexibility index (Phi) is 2.21. The Balaban J connectivity index is 2.54. The summed E-state index contributed by atoms with van der Waals surface area (Å²) in [4.78, 5) is 0. The van der Waals surface area contributed by atoms with Gasteiger partial charge in [0.05, 0.1) is 6.04 Å². The number of ether oxygens (including phenoxy) is 1. The van der Waals surface area contributed by atoms with Gasteiger partial charge < -0.3 is 15.6 Å². The highest BCUT2D eigenvalue weighted by atomic mass is 16.5. The van der Waals surface area contributed by atoms with Gasteiger partial charge in [-0.1, -0.05) is 17.7 Å². The molecule has 0 spiro atoms. The molecule has 0 amide bonds. The molecule has 0 saturated carbocycles. The van der Waals surface area contributed by atoms with Crippen molar-refractivity contribution in [1.29, 1.82) is 0 Å². The smallest absolute Gasteiger partial charge is 0.127 e. The van der Waals surface area contributed by atoms with E-state index in [1.54, 1.807) is 0 Å². The summed E-state index contributed by atoms with van der Waals surface area (Å²) in [6, 6.07) is 3.72. The Morgan fingerprint density at radius 2 is 2.14 bits per heavy atom. The van der Waals surface area contributed by atoms with Gasteiger partial charge in [0.15, 0.2) is 0 Å². The summed E-state index contributed by atoms with van der Waals surface area (Å²) < 4.78 is 5.46. The molecular formula is C11H15NO2. The van der Waals surface area contributed by atoms with E-state index in [1.165, 1.54) is 0 Å². The van der Waals surface area contributed by atoms with E-state index >= 15 is 0 Å². The first-order chi connectivity index (χ1) is 6.59. The molecule has 1 aliphatic rings. The lowest BCUT2D eigenvalue weighted by atomic mass is 9.95. The van der Waals surface area contributed by atoms with E-state index in [-0.39, 0.29) is 12.6 Å². The van der Waals surface area contributed by atoms with Crippen LogP contribution in [0.4, 0.5) is 0 Å². The molecule has 0 saturated heterocycles. The molecule has 0 aliphatic carbocycles. The zero-order valence-corrected chi connectivity index (χ0v) is 8.45. The van der Waals surface area contributed by atoms with Crippen LogP contribution in [0.2, 0.25) is 0 Å². The van der Waals surface area contributed by atoms with Crippen LogP contribution in [-0.2, 0) is 0 Å². The largest absolute Gasteiger partial charge is 0.490 e. The summed E-state index contributed by atoms with van der Waals surface area (Å²) in [5.74, 6) is 0.841. The highest BCUT2D eigenvalue weighted by molar-refractivity contribution is 5.47. The Morgan fingerprint density at radius 1 is 1.43 bits per heavy atom. The average molecular weight is 193 g/mol. The second-order valence-corrected chi connectivity index (χ2v) is 3.90. The first-order valence-corrected chi connectivity index (χ1v) is 4.77. The molecule has 0 radical (unpaired) electrons. The minimum Gasteiger partial charge on any atom is -0.490 e. The van der Waals surface area contributed by atoms with Crippen LogP contribution in [0.25, 0.3) is 0 Å². The van der Waals surface area contributed by atoms with Gasteiger partial charge in [-0.25, -0.2) is 0 Å². The van der Waals surface area contributed by atoms with Crippen LogP contribution in [0.1, 0.15) is 22.7 Å². The topological polar surface area (TPSA) is 55.5 Å². The maximum absolute atomic E-state index is 9.56. The van der Waals surface area contributed by atoms with Crippen LogP contribution < -0.4 is 10.5 Å². The van der Waals surface area contributed by atoms with Crippen LogP contribution in [0.5, 0.6) is 5.75 Å². The zero-order chi connectivity index (χ0) is 10.3. The molecular weight excluding hydrogens is 178 g/mol. The van der Waals surface area contributed by atoms with Gasteiger partial charge in [0.25, 0.3) is 0 Å². The third-order valence-corrected chi connectivity index (χ3v) is 2.62. The standard InChI is InChI=1S/C11H15NO2/c1-6-3-7(2)11-8(4-6)10(12)9(13)5-14-11/h3-4,9-10,13H,5,12H2,1-2H3/t9-,10+/m0/s1. The van der Waals surface area contributed by atoms with Crippen molar-refractivity contribution in [2.75, 3.05) is 6.61 Å². The number of hydrogen-bond donors (Lipinski definition) is 2. The van der Waals surface area contributed by atoms with E-state index in [0.717, 1.165) is 22.4 Å². The quantitative estimate of drug-likeness (QED) is 0.647. The molecule has 1 aromatic rings. The van der Waals surface area contributed by atoms with Crippen molar-refractivity contribution in [3.05, 3.63) is 28.8 Å². The SMILES string of the molecule is Cc1cc(C)c2c(c1)[C@@H](N)[C@@H](O)CO2. The van der Waals surface area contributed by atoms with Crippen molar-refractivity contribution in [2.24, 2.45) is 5.73 Å². The molecule has 1 aromatic carbocycles. The molecule has 3 heteroatoms. The van der Waals surface area contributed by atoms with Crippen LogP contribution >= 0.6 is 0 Å². The molecule has 76 valence electrons. The lowest BCUT2D eigenvalue weighted by molar-refractivity contribution is 0.0674. The number of aryl methyl sites for hydroxylation is 2. The molecule has 3 nitrogen and oxygen atoms in total. The summed E-state index contributed by atoms with van der Waals surface area (Å²) in [6.45, 7) is 4.30. The second-order valence-electron chi connectivity index (χ2n) is 3.90. The van der Waals surface area contributed by atoms with E-state index in [0.29, 0.717) is 0 Å². The first kappa shape index (κ1) is 9.49. The summed E-state index contributed by atoms with van der Waals surface area (Å²) in [6.07, 6.45) is -0.594. The minimum absolute atomic E-state index is 0.290. The molecule has 1 heterocycles. The number of nitrogens with two attached hydrogens (primary N) is 1. The molecule has 0 bridgehead atoms. The molecule has 3 N–H and O–H groups in total. The number of aliphatic hydroxyl groups excluding tert-OH is 1. The van der Waals surface area contributed by atoms with Gasteiger partial charge in [-0.05, 0) is 19.4 Å². The number of hydrogen-bond acceptors (Lipinski definition) is 3. The Bertz CT molecular complexity index is 363. The number of benzene rings is 1. The predicted molar refractivity (Wildman–Crippen MR) is 54.3 cm³/mol. The number of fused-ring (bicyclic) bond motifs is 1. The van der Waals surface area contributed by atoms with Crippen molar-refractivity contribution >= 4 is 0 Å². The number of rotatable bonds is 0. The van der Waals surface area contributed by atoms with Crippen molar-refractivity contribution in [3.63, 3.8) is 0 Å². The van der Waals surface area contributed by atoms with E-state index in [4.69, 9.17) is 10.5 Å². The van der Waals surface area contributed by atoms with Gasteiger partial charge in [-0.15, -0.1) is 0 Å². The highest BCUT2D eigenvalue weighted by Gasteiger charge is 2.27. The second kappa shape index (κ2) is 3.26. The molecule has 14 heavy (non-hydrogen) atoms. The minimum atomic E-state index is -0.594. The summed E-state index contributed by atoms with van der Waals surface area (Å²) >= 11 is 0. The fourth-order valence-electron chi connectivity index (χ4n) is 1.91. The summed E-state index contributed by atoms with van der Waals surface area (Å²) in [5.41, 5.74) is 9.05. The van der Waals surface area contributed by atoms with Gasteiger partial charge >= 0.3 is 0 Å². The van der Waals surface area contributed by atoms with Crippen molar-refractivity contribution in [1.82, 2.24) is 0 Å². The van der Waals surface area contributed by atoms with Gasteiger partial charge in [0.2, 0.25) is 0 Å². The molecule has 0 fully saturated rings. The molecule has 1 aliphatic heterocycles. The van der Waals surface area contributed by atoms with Gasteiger partial charge in [0, 0.05) is 5.56 Å². The monoisotopic (exact) mass is 193 g/mol. The maximum Gasteiger partial charge on any atom is 0.127 e. The lowest BCUT2D eigenvalue weighted by Gasteiger charge is -2.29. The Morgan fingerprint density at radius 3 is 2.86 bits per heavy atom. The summed E-state index contributed by atoms with van der Waals surface area (Å²) in [5, 5.41) is 9.56. The summed E-state index contributed by atoms with van der Waals surface area (Å²) in [7, 11) is 0. The van der Waals surface area contributed by atoms with Crippen LogP contribution in [0.15, 0.2) is 12.1 Å². The fraction of sp³-hybridized carbons (Fsp3) is 0.455. The van der Waals surface area contributed by atoms with E-state index < -0.39 is 6.10 Å². The van der Waals surface area contributed by atoms with Crippen LogP contribution in [-0.4, -0.2) is 17.8 Å². The van der Waals surface area contributed by atoms with Gasteiger partial charge in [-0.2, -0.15) is 0 Å². The zero-order valence-electron chi connectivity index (χ0n) is 8.45. The third-order valence-electron chi connectivity index (χ3n) is 2.62. The van der Waals surface area contributed by atoms with E-state index in [9.17, 15) is 5.11 Å². The van der Waals surface area contributed by atoms with Gasteiger partial charge in [-0.3, -0.25) is 0 Å². The average Bonchev–Trinajstić information content (AvgIpc) is 2.12.